The van der Waals surface area contributed by atoms with Crippen molar-refractivity contribution >= 4 is 34.0 Å². The zero-order chi connectivity index (χ0) is 15.1. The zero-order valence-corrected chi connectivity index (χ0v) is 11.9. The summed E-state index contributed by atoms with van der Waals surface area (Å²) in [5, 5.41) is 0.649. The van der Waals surface area contributed by atoms with E-state index in [4.69, 9.17) is 23.1 Å². The average Bonchev–Trinajstić information content (AvgIpc) is 2.46. The van der Waals surface area contributed by atoms with Crippen LogP contribution in [0.1, 0.15) is 5.56 Å². The second-order valence-electron chi connectivity index (χ2n) is 4.73. The van der Waals surface area contributed by atoms with E-state index >= 15 is 0 Å². The molecule has 0 aliphatic carbocycles. The van der Waals surface area contributed by atoms with Crippen LogP contribution in [-0.2, 0) is 0 Å². The van der Waals surface area contributed by atoms with E-state index in [2.05, 4.69) is 9.97 Å². The lowest BCUT2D eigenvalue weighted by atomic mass is 10.1. The first kappa shape index (κ1) is 13.6. The summed E-state index contributed by atoms with van der Waals surface area (Å²) in [6.45, 7) is 1.87. The highest BCUT2D eigenvalue weighted by Gasteiger charge is 2.15. The van der Waals surface area contributed by atoms with Crippen molar-refractivity contribution in [2.24, 2.45) is 0 Å². The van der Waals surface area contributed by atoms with Gasteiger partial charge in [-0.3, -0.25) is 0 Å². The molecule has 4 N–H and O–H groups in total. The van der Waals surface area contributed by atoms with Gasteiger partial charge in [0.25, 0.3) is 0 Å². The molecular formula is C15H12ClFN4. The van der Waals surface area contributed by atoms with E-state index in [1.807, 2.05) is 13.0 Å². The SMILES string of the molecule is Cc1ccc2c(N)nc(-c3cccc(Cl)c3F)nc2c1N. The molecule has 0 spiro atoms. The van der Waals surface area contributed by atoms with E-state index in [1.54, 1.807) is 18.2 Å². The number of aryl methyl sites for hydroxylation is 1. The molecule has 0 unspecified atom stereocenters. The van der Waals surface area contributed by atoms with E-state index in [9.17, 15) is 4.39 Å². The Morgan fingerprint density at radius 3 is 2.62 bits per heavy atom. The Bertz CT molecular complexity index is 864. The number of nitrogens with two attached hydrogens (primary N) is 2. The van der Waals surface area contributed by atoms with Gasteiger partial charge in [0.05, 0.1) is 21.8 Å². The van der Waals surface area contributed by atoms with Gasteiger partial charge in [-0.2, -0.15) is 0 Å². The first-order valence-corrected chi connectivity index (χ1v) is 6.63. The smallest absolute Gasteiger partial charge is 0.165 e. The lowest BCUT2D eigenvalue weighted by molar-refractivity contribution is 0.630. The summed E-state index contributed by atoms with van der Waals surface area (Å²) in [4.78, 5) is 8.51. The summed E-state index contributed by atoms with van der Waals surface area (Å²) in [6.07, 6.45) is 0. The second kappa shape index (κ2) is 4.86. The Labute approximate surface area is 125 Å². The van der Waals surface area contributed by atoms with Crippen LogP contribution < -0.4 is 11.5 Å². The molecule has 0 amide bonds. The first-order valence-electron chi connectivity index (χ1n) is 6.25. The van der Waals surface area contributed by atoms with Crippen LogP contribution in [0.25, 0.3) is 22.3 Å². The van der Waals surface area contributed by atoms with Gasteiger partial charge in [-0.25, -0.2) is 14.4 Å². The minimum absolute atomic E-state index is 0.00647. The number of rotatable bonds is 1. The topological polar surface area (TPSA) is 77.8 Å². The molecule has 3 aromatic rings. The number of hydrogen-bond donors (Lipinski definition) is 2. The number of fused-ring (bicyclic) bond motifs is 1. The first-order chi connectivity index (χ1) is 9.99. The molecule has 0 aliphatic heterocycles. The van der Waals surface area contributed by atoms with E-state index in [0.717, 1.165) is 5.56 Å². The molecule has 21 heavy (non-hydrogen) atoms. The van der Waals surface area contributed by atoms with Crippen LogP contribution in [0.15, 0.2) is 30.3 Å². The molecule has 0 bridgehead atoms. The normalized spacial score (nSPS) is 11.0. The minimum Gasteiger partial charge on any atom is -0.397 e. The number of hydrogen-bond acceptors (Lipinski definition) is 4. The molecule has 1 heterocycles. The van der Waals surface area contributed by atoms with Gasteiger partial charge in [-0.1, -0.05) is 23.7 Å². The molecule has 4 nitrogen and oxygen atoms in total. The van der Waals surface area contributed by atoms with Crippen molar-refractivity contribution in [3.05, 3.63) is 46.7 Å². The van der Waals surface area contributed by atoms with E-state index in [1.165, 1.54) is 6.07 Å². The van der Waals surface area contributed by atoms with Gasteiger partial charge in [-0.05, 0) is 30.7 Å². The standard InChI is InChI=1S/C15H12ClFN4/c1-7-5-6-9-13(12(7)18)20-15(21-14(9)19)8-3-2-4-10(16)11(8)17/h2-6H,18H2,1H3,(H2,19,20,21). The third kappa shape index (κ3) is 2.15. The summed E-state index contributed by atoms with van der Waals surface area (Å²) >= 11 is 5.79. The monoisotopic (exact) mass is 302 g/mol. The largest absolute Gasteiger partial charge is 0.397 e. The lowest BCUT2D eigenvalue weighted by Crippen LogP contribution is -2.02. The number of anilines is 2. The van der Waals surface area contributed by atoms with E-state index < -0.39 is 5.82 Å². The summed E-state index contributed by atoms with van der Waals surface area (Å²) in [5.74, 6) is -0.164. The van der Waals surface area contributed by atoms with Gasteiger partial charge in [-0.15, -0.1) is 0 Å². The Morgan fingerprint density at radius 2 is 1.86 bits per heavy atom. The maximum absolute atomic E-state index is 14.1. The molecular weight excluding hydrogens is 291 g/mol. The van der Waals surface area contributed by atoms with Gasteiger partial charge in [0.2, 0.25) is 0 Å². The van der Waals surface area contributed by atoms with Crippen LogP contribution in [0.2, 0.25) is 5.02 Å². The summed E-state index contributed by atoms with van der Waals surface area (Å²) in [5.41, 5.74) is 14.1. The van der Waals surface area contributed by atoms with Gasteiger partial charge in [0, 0.05) is 5.39 Å². The number of halogens is 2. The highest BCUT2D eigenvalue weighted by Crippen LogP contribution is 2.31. The molecule has 0 fully saturated rings. The molecule has 3 rings (SSSR count). The lowest BCUT2D eigenvalue weighted by Gasteiger charge is -2.10. The highest BCUT2D eigenvalue weighted by atomic mass is 35.5. The molecule has 0 atom stereocenters. The van der Waals surface area contributed by atoms with Crippen molar-refractivity contribution in [2.45, 2.75) is 6.92 Å². The quantitative estimate of drug-likeness (QED) is 0.674. The van der Waals surface area contributed by atoms with Crippen molar-refractivity contribution in [3.8, 4) is 11.4 Å². The number of aromatic nitrogens is 2. The number of benzene rings is 2. The third-order valence-electron chi connectivity index (χ3n) is 3.35. The second-order valence-corrected chi connectivity index (χ2v) is 5.13. The summed E-state index contributed by atoms with van der Waals surface area (Å²) in [6, 6.07) is 8.28. The fourth-order valence-electron chi connectivity index (χ4n) is 2.14. The maximum atomic E-state index is 14.1. The van der Waals surface area contributed by atoms with Crippen molar-refractivity contribution in [3.63, 3.8) is 0 Å². The zero-order valence-electron chi connectivity index (χ0n) is 11.2. The average molecular weight is 303 g/mol. The van der Waals surface area contributed by atoms with Gasteiger partial charge < -0.3 is 11.5 Å². The van der Waals surface area contributed by atoms with Crippen LogP contribution in [0.5, 0.6) is 0 Å². The molecule has 2 aromatic carbocycles. The summed E-state index contributed by atoms with van der Waals surface area (Å²) < 4.78 is 14.1. The molecule has 106 valence electrons. The predicted molar refractivity (Wildman–Crippen MR) is 83.5 cm³/mol. The van der Waals surface area contributed by atoms with Crippen LogP contribution in [0.4, 0.5) is 15.9 Å². The Kier molecular flexibility index (Phi) is 3.14. The van der Waals surface area contributed by atoms with Crippen LogP contribution >= 0.6 is 11.6 Å². The molecule has 0 saturated carbocycles. The molecule has 6 heteroatoms. The van der Waals surface area contributed by atoms with Gasteiger partial charge in [0.15, 0.2) is 11.6 Å². The number of nitrogen functional groups attached to an aromatic ring is 2. The van der Waals surface area contributed by atoms with Crippen LogP contribution in [0.3, 0.4) is 0 Å². The fraction of sp³-hybridized carbons (Fsp3) is 0.0667. The van der Waals surface area contributed by atoms with Gasteiger partial charge >= 0.3 is 0 Å². The maximum Gasteiger partial charge on any atom is 0.165 e. The molecule has 0 aliphatic rings. The van der Waals surface area contributed by atoms with E-state index in [-0.39, 0.29) is 22.2 Å². The van der Waals surface area contributed by atoms with Crippen molar-refractivity contribution in [1.82, 2.24) is 9.97 Å². The van der Waals surface area contributed by atoms with Crippen LogP contribution in [0, 0.1) is 12.7 Å². The van der Waals surface area contributed by atoms with Crippen molar-refractivity contribution in [1.29, 1.82) is 0 Å². The van der Waals surface area contributed by atoms with E-state index in [0.29, 0.717) is 16.6 Å². The van der Waals surface area contributed by atoms with Gasteiger partial charge in [0.1, 0.15) is 5.82 Å². The Balaban J connectivity index is 2.35. The summed E-state index contributed by atoms with van der Waals surface area (Å²) in [7, 11) is 0. The molecule has 0 saturated heterocycles. The minimum atomic E-state index is -0.579. The predicted octanol–water partition coefficient (Wildman–Crippen LogP) is 3.56. The number of nitrogens with zero attached hydrogens (tertiary/aromatic N) is 2. The van der Waals surface area contributed by atoms with Crippen LogP contribution in [-0.4, -0.2) is 9.97 Å². The fourth-order valence-corrected chi connectivity index (χ4v) is 2.31. The third-order valence-corrected chi connectivity index (χ3v) is 3.64. The highest BCUT2D eigenvalue weighted by molar-refractivity contribution is 6.31. The Morgan fingerprint density at radius 1 is 1.10 bits per heavy atom. The Hall–Kier alpha value is -2.40. The van der Waals surface area contributed by atoms with Crippen molar-refractivity contribution < 1.29 is 4.39 Å². The molecule has 0 radical (unpaired) electrons. The molecule has 1 aromatic heterocycles. The van der Waals surface area contributed by atoms with Crippen molar-refractivity contribution in [2.75, 3.05) is 11.5 Å².